The first kappa shape index (κ1) is 7.33. The van der Waals surface area contributed by atoms with Crippen molar-refractivity contribution in [1.29, 1.82) is 0 Å². The van der Waals surface area contributed by atoms with Gasteiger partial charge >= 0.3 is 0 Å². The Balaban J connectivity index is 2.70. The summed E-state index contributed by atoms with van der Waals surface area (Å²) >= 11 is 0. The van der Waals surface area contributed by atoms with Crippen LogP contribution in [-0.4, -0.2) is 0 Å². The lowest BCUT2D eigenvalue weighted by atomic mass is 9.96. The molecule has 0 N–H and O–H groups in total. The Morgan fingerprint density at radius 2 is 2.30 bits per heavy atom. The van der Waals surface area contributed by atoms with Crippen LogP contribution >= 0.6 is 0 Å². The van der Waals surface area contributed by atoms with Crippen LogP contribution < -0.4 is 0 Å². The maximum atomic E-state index is 2.28. The Labute approximate surface area is 62.9 Å². The predicted octanol–water partition coefficient (Wildman–Crippen LogP) is 3.08. The highest BCUT2D eigenvalue weighted by Crippen LogP contribution is 2.17. The lowest BCUT2D eigenvalue weighted by Crippen LogP contribution is -1.95. The first-order valence-corrected chi connectivity index (χ1v) is 3.89. The second-order valence-electron chi connectivity index (χ2n) is 2.65. The summed E-state index contributed by atoms with van der Waals surface area (Å²) in [5.41, 5.74) is 1.45. The number of allylic oxidation sites excluding steroid dienone is 6. The number of hydrogen-bond donors (Lipinski definition) is 0. The second-order valence-corrected chi connectivity index (χ2v) is 2.65. The van der Waals surface area contributed by atoms with Crippen molar-refractivity contribution in [2.75, 3.05) is 0 Å². The van der Waals surface area contributed by atoms with Crippen molar-refractivity contribution in [3.8, 4) is 0 Å². The fourth-order valence-electron chi connectivity index (χ4n) is 1.15. The van der Waals surface area contributed by atoms with Crippen molar-refractivity contribution in [2.24, 2.45) is 5.92 Å². The molecule has 0 spiro atoms. The SMILES string of the molecule is CC/C=C1/C=CC=CC1C. The zero-order valence-electron chi connectivity index (χ0n) is 6.67. The van der Waals surface area contributed by atoms with Crippen LogP contribution in [0.1, 0.15) is 20.3 Å². The van der Waals surface area contributed by atoms with Crippen molar-refractivity contribution in [1.82, 2.24) is 0 Å². The molecule has 0 aliphatic heterocycles. The fourth-order valence-corrected chi connectivity index (χ4v) is 1.15. The van der Waals surface area contributed by atoms with Crippen LogP contribution in [-0.2, 0) is 0 Å². The smallest absolute Gasteiger partial charge is 0.00105 e. The summed E-state index contributed by atoms with van der Waals surface area (Å²) in [5, 5.41) is 0. The maximum absolute atomic E-state index is 2.28. The number of rotatable bonds is 1. The first-order valence-electron chi connectivity index (χ1n) is 3.89. The van der Waals surface area contributed by atoms with E-state index >= 15 is 0 Å². The van der Waals surface area contributed by atoms with Gasteiger partial charge in [0.05, 0.1) is 0 Å². The molecule has 1 aliphatic carbocycles. The molecule has 1 atom stereocenters. The van der Waals surface area contributed by atoms with Crippen molar-refractivity contribution in [3.63, 3.8) is 0 Å². The Bertz CT molecular complexity index is 182. The van der Waals surface area contributed by atoms with Crippen LogP contribution in [0.2, 0.25) is 0 Å². The van der Waals surface area contributed by atoms with E-state index in [9.17, 15) is 0 Å². The minimum atomic E-state index is 0.616. The van der Waals surface area contributed by atoms with E-state index in [0.29, 0.717) is 5.92 Å². The fraction of sp³-hybridized carbons (Fsp3) is 0.400. The molecule has 54 valence electrons. The summed E-state index contributed by atoms with van der Waals surface area (Å²) in [5.74, 6) is 0.616. The zero-order chi connectivity index (χ0) is 7.40. The topological polar surface area (TPSA) is 0 Å². The normalized spacial score (nSPS) is 27.8. The molecule has 0 heterocycles. The molecule has 1 unspecified atom stereocenters. The second kappa shape index (κ2) is 3.40. The third-order valence-electron chi connectivity index (χ3n) is 1.77. The van der Waals surface area contributed by atoms with Crippen LogP contribution in [0.25, 0.3) is 0 Å². The van der Waals surface area contributed by atoms with Crippen LogP contribution in [0, 0.1) is 5.92 Å². The van der Waals surface area contributed by atoms with Gasteiger partial charge in [0.1, 0.15) is 0 Å². The molecule has 0 amide bonds. The average Bonchev–Trinajstić information content (AvgIpc) is 1.94. The summed E-state index contributed by atoms with van der Waals surface area (Å²) in [6.45, 7) is 4.40. The standard InChI is InChI=1S/C10H14/c1-3-6-10-8-5-4-7-9(10)2/h4-9H,3H2,1-2H3/b10-6-. The molecule has 0 saturated carbocycles. The van der Waals surface area contributed by atoms with Crippen LogP contribution in [0.15, 0.2) is 36.0 Å². The summed E-state index contributed by atoms with van der Waals surface area (Å²) < 4.78 is 0. The van der Waals surface area contributed by atoms with Gasteiger partial charge in [-0.2, -0.15) is 0 Å². The molecule has 0 saturated heterocycles. The van der Waals surface area contributed by atoms with Crippen molar-refractivity contribution >= 4 is 0 Å². The van der Waals surface area contributed by atoms with Gasteiger partial charge in [-0.05, 0) is 17.9 Å². The van der Waals surface area contributed by atoms with E-state index in [-0.39, 0.29) is 0 Å². The molecule has 0 heteroatoms. The molecule has 10 heavy (non-hydrogen) atoms. The predicted molar refractivity (Wildman–Crippen MR) is 45.8 cm³/mol. The molecular formula is C10H14. The monoisotopic (exact) mass is 134 g/mol. The molecular weight excluding hydrogens is 120 g/mol. The lowest BCUT2D eigenvalue weighted by molar-refractivity contribution is 0.873. The first-order chi connectivity index (χ1) is 4.84. The third-order valence-corrected chi connectivity index (χ3v) is 1.77. The van der Waals surface area contributed by atoms with Gasteiger partial charge in [-0.25, -0.2) is 0 Å². The third kappa shape index (κ3) is 1.60. The summed E-state index contributed by atoms with van der Waals surface area (Å²) in [7, 11) is 0. The quantitative estimate of drug-likeness (QED) is 0.517. The number of hydrogen-bond acceptors (Lipinski definition) is 0. The van der Waals surface area contributed by atoms with Crippen molar-refractivity contribution < 1.29 is 0 Å². The molecule has 0 radical (unpaired) electrons. The maximum Gasteiger partial charge on any atom is -0.00105 e. The Hall–Kier alpha value is -0.780. The van der Waals surface area contributed by atoms with E-state index in [4.69, 9.17) is 0 Å². The highest BCUT2D eigenvalue weighted by molar-refractivity contribution is 5.31. The Kier molecular flexibility index (Phi) is 2.49. The lowest BCUT2D eigenvalue weighted by Gasteiger charge is -2.10. The molecule has 0 nitrogen and oxygen atoms in total. The van der Waals surface area contributed by atoms with Gasteiger partial charge < -0.3 is 0 Å². The minimum absolute atomic E-state index is 0.616. The summed E-state index contributed by atoms with van der Waals surface area (Å²) in [4.78, 5) is 0. The highest BCUT2D eigenvalue weighted by atomic mass is 14.1. The van der Waals surface area contributed by atoms with E-state index in [1.807, 2.05) is 0 Å². The van der Waals surface area contributed by atoms with E-state index in [0.717, 1.165) is 6.42 Å². The van der Waals surface area contributed by atoms with Gasteiger partial charge in [-0.3, -0.25) is 0 Å². The van der Waals surface area contributed by atoms with Gasteiger partial charge in [0.15, 0.2) is 0 Å². The highest BCUT2D eigenvalue weighted by Gasteiger charge is 2.02. The summed E-state index contributed by atoms with van der Waals surface area (Å²) in [6.07, 6.45) is 12.0. The van der Waals surface area contributed by atoms with Gasteiger partial charge in [0, 0.05) is 0 Å². The van der Waals surface area contributed by atoms with Crippen LogP contribution in [0.3, 0.4) is 0 Å². The molecule has 0 bridgehead atoms. The summed E-state index contributed by atoms with van der Waals surface area (Å²) in [6, 6.07) is 0. The Morgan fingerprint density at radius 3 is 2.90 bits per heavy atom. The van der Waals surface area contributed by atoms with Gasteiger partial charge in [-0.15, -0.1) is 0 Å². The van der Waals surface area contributed by atoms with Gasteiger partial charge in [0.2, 0.25) is 0 Å². The van der Waals surface area contributed by atoms with Crippen LogP contribution in [0.5, 0.6) is 0 Å². The van der Waals surface area contributed by atoms with E-state index in [1.165, 1.54) is 5.57 Å². The van der Waals surface area contributed by atoms with E-state index in [2.05, 4.69) is 44.2 Å². The van der Waals surface area contributed by atoms with Crippen molar-refractivity contribution in [3.05, 3.63) is 36.0 Å². The van der Waals surface area contributed by atoms with Gasteiger partial charge in [0.25, 0.3) is 0 Å². The average molecular weight is 134 g/mol. The van der Waals surface area contributed by atoms with Gasteiger partial charge in [-0.1, -0.05) is 44.2 Å². The molecule has 1 aliphatic rings. The minimum Gasteiger partial charge on any atom is -0.0810 e. The largest absolute Gasteiger partial charge is 0.0810 e. The van der Waals surface area contributed by atoms with E-state index in [1.54, 1.807) is 0 Å². The zero-order valence-corrected chi connectivity index (χ0v) is 6.67. The molecule has 0 aromatic rings. The van der Waals surface area contributed by atoms with E-state index < -0.39 is 0 Å². The molecule has 1 rings (SSSR count). The Morgan fingerprint density at radius 1 is 1.50 bits per heavy atom. The molecule has 0 fully saturated rings. The molecule has 0 aromatic carbocycles. The molecule has 0 aromatic heterocycles. The van der Waals surface area contributed by atoms with Crippen molar-refractivity contribution in [2.45, 2.75) is 20.3 Å². The van der Waals surface area contributed by atoms with Crippen LogP contribution in [0.4, 0.5) is 0 Å².